The summed E-state index contributed by atoms with van der Waals surface area (Å²) < 4.78 is 5.67. The zero-order valence-electron chi connectivity index (χ0n) is 14.7. The van der Waals surface area contributed by atoms with Crippen molar-refractivity contribution in [3.8, 4) is 5.75 Å². The Morgan fingerprint density at radius 3 is 2.48 bits per heavy atom. The Hall–Kier alpha value is -2.08. The van der Waals surface area contributed by atoms with E-state index in [9.17, 15) is 14.7 Å². The number of amides is 2. The predicted octanol–water partition coefficient (Wildman–Crippen LogP) is 1.29. The van der Waals surface area contributed by atoms with Crippen molar-refractivity contribution in [3.05, 3.63) is 30.3 Å². The molecule has 1 aromatic carbocycles. The Morgan fingerprint density at radius 1 is 1.16 bits per heavy atom. The van der Waals surface area contributed by atoms with Crippen LogP contribution in [-0.4, -0.2) is 65.1 Å². The highest BCUT2D eigenvalue weighted by atomic mass is 16.5. The van der Waals surface area contributed by atoms with Crippen molar-refractivity contribution in [3.63, 3.8) is 0 Å². The van der Waals surface area contributed by atoms with Gasteiger partial charge in [0.05, 0.1) is 6.54 Å². The Morgan fingerprint density at radius 2 is 1.84 bits per heavy atom. The molecule has 0 aromatic heterocycles. The molecule has 1 N–H and O–H groups in total. The van der Waals surface area contributed by atoms with E-state index in [0.717, 1.165) is 5.75 Å². The molecule has 0 bridgehead atoms. The first-order chi connectivity index (χ1) is 12.0. The van der Waals surface area contributed by atoms with Crippen molar-refractivity contribution in [2.45, 2.75) is 31.8 Å². The lowest BCUT2D eigenvalue weighted by Crippen LogP contribution is -2.45. The number of aliphatic hydroxyl groups is 1. The summed E-state index contributed by atoms with van der Waals surface area (Å²) in [7, 11) is 0. The maximum atomic E-state index is 12.7. The van der Waals surface area contributed by atoms with Gasteiger partial charge in [-0.05, 0) is 31.4 Å². The van der Waals surface area contributed by atoms with E-state index in [0.29, 0.717) is 45.4 Å². The first kappa shape index (κ1) is 17.7. The Bertz CT molecular complexity index is 613. The predicted molar refractivity (Wildman–Crippen MR) is 93.1 cm³/mol. The summed E-state index contributed by atoms with van der Waals surface area (Å²) in [6.07, 6.45) is 1.93. The molecular weight excluding hydrogens is 320 g/mol. The minimum atomic E-state index is -0.994. The number of ether oxygens (including phenoxy) is 1. The van der Waals surface area contributed by atoms with E-state index >= 15 is 0 Å². The average molecular weight is 346 g/mol. The molecule has 0 unspecified atom stereocenters. The van der Waals surface area contributed by atoms with E-state index in [2.05, 4.69) is 0 Å². The van der Waals surface area contributed by atoms with Crippen molar-refractivity contribution in [1.29, 1.82) is 0 Å². The molecule has 2 fully saturated rings. The molecule has 2 saturated heterocycles. The summed E-state index contributed by atoms with van der Waals surface area (Å²) in [4.78, 5) is 27.6. The van der Waals surface area contributed by atoms with Gasteiger partial charge in [0.1, 0.15) is 18.0 Å². The van der Waals surface area contributed by atoms with Gasteiger partial charge in [0.15, 0.2) is 0 Å². The monoisotopic (exact) mass is 346 g/mol. The van der Waals surface area contributed by atoms with Crippen LogP contribution in [0.25, 0.3) is 0 Å². The van der Waals surface area contributed by atoms with E-state index in [-0.39, 0.29) is 24.3 Å². The van der Waals surface area contributed by atoms with Gasteiger partial charge in [-0.15, -0.1) is 0 Å². The number of rotatable bonds is 4. The number of para-hydroxylation sites is 1. The van der Waals surface area contributed by atoms with Gasteiger partial charge in [-0.2, -0.15) is 0 Å². The van der Waals surface area contributed by atoms with E-state index in [1.165, 1.54) is 0 Å². The minimum Gasteiger partial charge on any atom is -0.491 e. The fourth-order valence-electron chi connectivity index (χ4n) is 3.60. The molecule has 0 saturated carbocycles. The van der Waals surface area contributed by atoms with Gasteiger partial charge in [-0.1, -0.05) is 18.2 Å². The Balaban J connectivity index is 1.50. The molecule has 6 nitrogen and oxygen atoms in total. The zero-order valence-corrected chi connectivity index (χ0v) is 14.7. The fraction of sp³-hybridized carbons (Fsp3) is 0.579. The molecule has 1 aromatic rings. The summed E-state index contributed by atoms with van der Waals surface area (Å²) in [5.74, 6) is 0.837. The maximum Gasteiger partial charge on any atom is 0.225 e. The molecule has 0 aliphatic carbocycles. The highest BCUT2D eigenvalue weighted by molar-refractivity contribution is 5.80. The summed E-state index contributed by atoms with van der Waals surface area (Å²) in [6, 6.07) is 9.39. The number of carbonyl (C=O) groups excluding carboxylic acids is 2. The molecule has 2 heterocycles. The molecule has 136 valence electrons. The second kappa shape index (κ2) is 7.44. The quantitative estimate of drug-likeness (QED) is 0.892. The van der Waals surface area contributed by atoms with E-state index < -0.39 is 5.60 Å². The third-order valence-corrected chi connectivity index (χ3v) is 5.18. The second-order valence-corrected chi connectivity index (χ2v) is 7.12. The first-order valence-corrected chi connectivity index (χ1v) is 8.91. The Labute approximate surface area is 148 Å². The highest BCUT2D eigenvalue weighted by Crippen LogP contribution is 2.27. The van der Waals surface area contributed by atoms with Crippen LogP contribution in [0.1, 0.15) is 26.2 Å². The summed E-state index contributed by atoms with van der Waals surface area (Å²) in [5, 5.41) is 10.7. The molecule has 6 heteroatoms. The van der Waals surface area contributed by atoms with Gasteiger partial charge in [-0.3, -0.25) is 9.59 Å². The Kier molecular flexibility index (Phi) is 5.27. The van der Waals surface area contributed by atoms with Crippen LogP contribution in [0, 0.1) is 5.92 Å². The summed E-state index contributed by atoms with van der Waals surface area (Å²) >= 11 is 0. The minimum absolute atomic E-state index is 0.0482. The van der Waals surface area contributed by atoms with Crippen LogP contribution >= 0.6 is 0 Å². The van der Waals surface area contributed by atoms with Crippen molar-refractivity contribution in [2.24, 2.45) is 5.92 Å². The van der Waals surface area contributed by atoms with Crippen molar-refractivity contribution < 1.29 is 19.4 Å². The molecule has 2 amide bonds. The largest absolute Gasteiger partial charge is 0.491 e. The van der Waals surface area contributed by atoms with Crippen molar-refractivity contribution in [1.82, 2.24) is 9.80 Å². The zero-order chi connectivity index (χ0) is 17.9. The van der Waals surface area contributed by atoms with Crippen molar-refractivity contribution in [2.75, 3.05) is 32.8 Å². The van der Waals surface area contributed by atoms with Crippen LogP contribution in [0.4, 0.5) is 0 Å². The topological polar surface area (TPSA) is 70.1 Å². The maximum absolute atomic E-state index is 12.7. The number of benzene rings is 1. The van der Waals surface area contributed by atoms with Gasteiger partial charge < -0.3 is 19.6 Å². The lowest BCUT2D eigenvalue weighted by molar-refractivity contribution is -0.140. The normalized spacial score (nSPS) is 24.4. The number of hydrogen-bond donors (Lipinski definition) is 1. The lowest BCUT2D eigenvalue weighted by Gasteiger charge is -2.33. The van der Waals surface area contributed by atoms with Crippen LogP contribution < -0.4 is 4.74 Å². The van der Waals surface area contributed by atoms with Crippen LogP contribution in [0.2, 0.25) is 0 Å². The van der Waals surface area contributed by atoms with E-state index in [1.54, 1.807) is 16.7 Å². The molecular formula is C19H26N2O4. The van der Waals surface area contributed by atoms with Crippen LogP contribution in [-0.2, 0) is 9.59 Å². The molecule has 2 aliphatic heterocycles. The molecule has 1 atom stereocenters. The number of β-amino-alcohol motifs (C(OH)–C–C–N with tert-alkyl or cyclic N) is 1. The van der Waals surface area contributed by atoms with E-state index in [4.69, 9.17) is 4.74 Å². The number of carbonyl (C=O) groups is 2. The number of likely N-dealkylation sites (tertiary alicyclic amines) is 2. The van der Waals surface area contributed by atoms with E-state index in [1.807, 2.05) is 30.3 Å². The number of piperidine rings is 1. The van der Waals surface area contributed by atoms with Crippen LogP contribution in [0.5, 0.6) is 5.75 Å². The molecule has 3 rings (SSSR count). The molecule has 25 heavy (non-hydrogen) atoms. The smallest absolute Gasteiger partial charge is 0.225 e. The van der Waals surface area contributed by atoms with Crippen LogP contribution in [0.3, 0.4) is 0 Å². The standard InChI is InChI=1S/C19H26N2O4/c1-15(22)20-10-7-16(8-11-20)18(23)21-12-9-19(24,13-21)14-25-17-5-3-2-4-6-17/h2-6,16,24H,7-14H2,1H3/t19-/m1/s1. The van der Waals surface area contributed by atoms with Gasteiger partial charge in [0, 0.05) is 32.5 Å². The lowest BCUT2D eigenvalue weighted by atomic mass is 9.95. The van der Waals surface area contributed by atoms with Gasteiger partial charge in [-0.25, -0.2) is 0 Å². The summed E-state index contributed by atoms with van der Waals surface area (Å²) in [5.41, 5.74) is -0.994. The number of hydrogen-bond acceptors (Lipinski definition) is 4. The molecule has 0 spiro atoms. The van der Waals surface area contributed by atoms with Crippen molar-refractivity contribution >= 4 is 11.8 Å². The average Bonchev–Trinajstić information content (AvgIpc) is 3.03. The molecule has 0 radical (unpaired) electrons. The second-order valence-electron chi connectivity index (χ2n) is 7.12. The molecule has 2 aliphatic rings. The first-order valence-electron chi connectivity index (χ1n) is 8.91. The number of nitrogens with zero attached hydrogens (tertiary/aromatic N) is 2. The highest BCUT2D eigenvalue weighted by Gasteiger charge is 2.41. The third kappa shape index (κ3) is 4.31. The van der Waals surface area contributed by atoms with Crippen LogP contribution in [0.15, 0.2) is 30.3 Å². The van der Waals surface area contributed by atoms with Gasteiger partial charge >= 0.3 is 0 Å². The van der Waals surface area contributed by atoms with Gasteiger partial charge in [0.2, 0.25) is 11.8 Å². The third-order valence-electron chi connectivity index (χ3n) is 5.18. The summed E-state index contributed by atoms with van der Waals surface area (Å²) in [6.45, 7) is 3.90. The van der Waals surface area contributed by atoms with Gasteiger partial charge in [0.25, 0.3) is 0 Å². The SMILES string of the molecule is CC(=O)N1CCC(C(=O)N2CC[C@](O)(COc3ccccc3)C2)CC1. The fourth-order valence-corrected chi connectivity index (χ4v) is 3.60.